The summed E-state index contributed by atoms with van der Waals surface area (Å²) in [4.78, 5) is 11.4. The Morgan fingerprint density at radius 1 is 1.44 bits per heavy atom. The van der Waals surface area contributed by atoms with Crippen LogP contribution in [0.2, 0.25) is 0 Å². The first-order valence-electron chi connectivity index (χ1n) is 4.86. The summed E-state index contributed by atoms with van der Waals surface area (Å²) in [6.45, 7) is 3.55. The molecule has 0 aliphatic rings. The smallest absolute Gasteiger partial charge is 0.411 e. The average Bonchev–Trinajstić information content (AvgIpc) is 2.65. The van der Waals surface area contributed by atoms with Crippen molar-refractivity contribution in [3.63, 3.8) is 0 Å². The van der Waals surface area contributed by atoms with Crippen molar-refractivity contribution < 1.29 is 14.2 Å². The summed E-state index contributed by atoms with van der Waals surface area (Å²) in [7, 11) is 0. The highest BCUT2D eigenvalue weighted by Gasteiger charge is 2.10. The van der Waals surface area contributed by atoms with Crippen LogP contribution in [0.5, 0.6) is 0 Å². The number of carbonyl (C=O) groups excluding carboxylic acids is 1. The Hall–Kier alpha value is -2.11. The lowest BCUT2D eigenvalue weighted by atomic mass is 10.3. The van der Waals surface area contributed by atoms with Gasteiger partial charge in [0.05, 0.1) is 11.8 Å². The molecule has 2 rings (SSSR count). The third kappa shape index (κ3) is 2.10. The maximum Gasteiger partial charge on any atom is 0.411 e. The third-order valence-electron chi connectivity index (χ3n) is 1.87. The molecule has 0 saturated carbocycles. The molecule has 6 nitrogen and oxygen atoms in total. The summed E-state index contributed by atoms with van der Waals surface area (Å²) in [6.07, 6.45) is -0.694. The molecule has 0 aliphatic heterocycles. The number of nitrogens with zero attached hydrogens (tertiary/aromatic N) is 2. The maximum atomic E-state index is 11.4. The van der Waals surface area contributed by atoms with Crippen molar-refractivity contribution in [2.75, 3.05) is 5.32 Å². The fourth-order valence-corrected chi connectivity index (χ4v) is 1.26. The number of benzene rings is 1. The average molecular weight is 221 g/mol. The number of nitrogens with one attached hydrogen (secondary N) is 1. The highest BCUT2D eigenvalue weighted by atomic mass is 16.6. The standard InChI is InChI=1S/C10H11N3O3/c1-6(2)15-10(14)11-7-4-3-5-8-9(7)13-16-12-8/h3-6H,1-2H3,(H,11,14). The van der Waals surface area contributed by atoms with Crippen molar-refractivity contribution in [3.8, 4) is 0 Å². The van der Waals surface area contributed by atoms with E-state index in [0.29, 0.717) is 16.7 Å². The summed E-state index contributed by atoms with van der Waals surface area (Å²) >= 11 is 0. The first-order valence-corrected chi connectivity index (χ1v) is 4.86. The number of rotatable bonds is 2. The van der Waals surface area contributed by atoms with Gasteiger partial charge in [0.2, 0.25) is 0 Å². The molecule has 0 aliphatic carbocycles. The highest BCUT2D eigenvalue weighted by Crippen LogP contribution is 2.19. The number of hydrogen-bond donors (Lipinski definition) is 1. The molecule has 1 aromatic heterocycles. The van der Waals surface area contributed by atoms with Gasteiger partial charge in [0, 0.05) is 0 Å². The Bertz CT molecular complexity index is 507. The molecule has 0 bridgehead atoms. The zero-order valence-electron chi connectivity index (χ0n) is 8.93. The van der Waals surface area contributed by atoms with E-state index < -0.39 is 6.09 Å². The van der Waals surface area contributed by atoms with Gasteiger partial charge in [-0.2, -0.15) is 0 Å². The second-order valence-electron chi connectivity index (χ2n) is 3.52. The molecule has 1 N–H and O–H groups in total. The Balaban J connectivity index is 2.20. The molecule has 1 aromatic carbocycles. The first kappa shape index (κ1) is 10.4. The van der Waals surface area contributed by atoms with E-state index in [-0.39, 0.29) is 6.10 Å². The van der Waals surface area contributed by atoms with Crippen LogP contribution in [-0.4, -0.2) is 22.5 Å². The number of anilines is 1. The van der Waals surface area contributed by atoms with Gasteiger partial charge < -0.3 is 4.74 Å². The van der Waals surface area contributed by atoms with E-state index >= 15 is 0 Å². The van der Waals surface area contributed by atoms with Crippen molar-refractivity contribution in [1.29, 1.82) is 0 Å². The molecule has 6 heteroatoms. The van der Waals surface area contributed by atoms with Crippen LogP contribution in [0.4, 0.5) is 10.5 Å². The Labute approximate surface area is 91.5 Å². The van der Waals surface area contributed by atoms with Gasteiger partial charge in [-0.3, -0.25) is 5.32 Å². The predicted octanol–water partition coefficient (Wildman–Crippen LogP) is 2.18. The van der Waals surface area contributed by atoms with Crippen LogP contribution in [0.25, 0.3) is 11.0 Å². The fourth-order valence-electron chi connectivity index (χ4n) is 1.26. The summed E-state index contributed by atoms with van der Waals surface area (Å²) in [6, 6.07) is 5.19. The van der Waals surface area contributed by atoms with Gasteiger partial charge in [0.1, 0.15) is 5.52 Å². The second kappa shape index (κ2) is 4.18. The van der Waals surface area contributed by atoms with E-state index in [1.165, 1.54) is 0 Å². The van der Waals surface area contributed by atoms with Gasteiger partial charge in [0.15, 0.2) is 5.52 Å². The van der Waals surface area contributed by atoms with Crippen LogP contribution >= 0.6 is 0 Å². The van der Waals surface area contributed by atoms with Gasteiger partial charge in [0.25, 0.3) is 0 Å². The van der Waals surface area contributed by atoms with Crippen LogP contribution in [0.1, 0.15) is 13.8 Å². The predicted molar refractivity (Wildman–Crippen MR) is 57.0 cm³/mol. The number of fused-ring (bicyclic) bond motifs is 1. The van der Waals surface area contributed by atoms with Gasteiger partial charge in [-0.1, -0.05) is 6.07 Å². The third-order valence-corrected chi connectivity index (χ3v) is 1.87. The van der Waals surface area contributed by atoms with E-state index in [2.05, 4.69) is 20.3 Å². The number of carbonyl (C=O) groups is 1. The molecule has 1 heterocycles. The van der Waals surface area contributed by atoms with Crippen molar-refractivity contribution >= 4 is 22.8 Å². The molecule has 1 amide bonds. The van der Waals surface area contributed by atoms with Gasteiger partial charge in [-0.05, 0) is 36.3 Å². The van der Waals surface area contributed by atoms with Crippen molar-refractivity contribution in [2.24, 2.45) is 0 Å². The highest BCUT2D eigenvalue weighted by molar-refractivity contribution is 5.96. The summed E-state index contributed by atoms with van der Waals surface area (Å²) in [5.74, 6) is 0. The molecule has 2 aromatic rings. The van der Waals surface area contributed by atoms with Crippen molar-refractivity contribution in [2.45, 2.75) is 20.0 Å². The van der Waals surface area contributed by atoms with Gasteiger partial charge >= 0.3 is 6.09 Å². The molecular formula is C10H11N3O3. The lowest BCUT2D eigenvalue weighted by Gasteiger charge is -2.08. The summed E-state index contributed by atoms with van der Waals surface area (Å²) < 4.78 is 9.53. The van der Waals surface area contributed by atoms with Crippen LogP contribution in [0.15, 0.2) is 22.8 Å². The number of hydrogen-bond acceptors (Lipinski definition) is 5. The van der Waals surface area contributed by atoms with Crippen LogP contribution in [-0.2, 0) is 4.74 Å². The molecule has 84 valence electrons. The molecular weight excluding hydrogens is 210 g/mol. The van der Waals surface area contributed by atoms with Crippen molar-refractivity contribution in [3.05, 3.63) is 18.2 Å². The first-order chi connectivity index (χ1) is 7.66. The zero-order chi connectivity index (χ0) is 11.5. The van der Waals surface area contributed by atoms with E-state index in [0.717, 1.165) is 0 Å². The largest absolute Gasteiger partial charge is 0.447 e. The van der Waals surface area contributed by atoms with Gasteiger partial charge in [-0.25, -0.2) is 9.42 Å². The number of amides is 1. The van der Waals surface area contributed by atoms with E-state index in [1.807, 2.05) is 0 Å². The molecule has 0 radical (unpaired) electrons. The Morgan fingerprint density at radius 3 is 3.00 bits per heavy atom. The van der Waals surface area contributed by atoms with E-state index in [9.17, 15) is 4.79 Å². The lowest BCUT2D eigenvalue weighted by molar-refractivity contribution is 0.130. The Morgan fingerprint density at radius 2 is 2.25 bits per heavy atom. The molecule has 0 fully saturated rings. The van der Waals surface area contributed by atoms with E-state index in [1.54, 1.807) is 32.0 Å². The monoisotopic (exact) mass is 221 g/mol. The zero-order valence-corrected chi connectivity index (χ0v) is 8.93. The summed E-state index contributed by atoms with van der Waals surface area (Å²) in [5.41, 5.74) is 1.61. The SMILES string of the molecule is CC(C)OC(=O)Nc1cccc2nonc12. The second-order valence-corrected chi connectivity index (χ2v) is 3.52. The van der Waals surface area contributed by atoms with Gasteiger partial charge in [-0.15, -0.1) is 0 Å². The number of ether oxygens (including phenoxy) is 1. The minimum atomic E-state index is -0.523. The summed E-state index contributed by atoms with van der Waals surface area (Å²) in [5, 5.41) is 9.94. The van der Waals surface area contributed by atoms with Crippen molar-refractivity contribution in [1.82, 2.24) is 10.3 Å². The number of aromatic nitrogens is 2. The topological polar surface area (TPSA) is 77.2 Å². The molecule has 16 heavy (non-hydrogen) atoms. The van der Waals surface area contributed by atoms with Crippen LogP contribution < -0.4 is 5.32 Å². The molecule has 0 unspecified atom stereocenters. The molecule has 0 spiro atoms. The minimum Gasteiger partial charge on any atom is -0.447 e. The lowest BCUT2D eigenvalue weighted by Crippen LogP contribution is -2.18. The quantitative estimate of drug-likeness (QED) is 0.840. The molecule has 0 saturated heterocycles. The normalized spacial score (nSPS) is 10.7. The van der Waals surface area contributed by atoms with Crippen LogP contribution in [0.3, 0.4) is 0 Å². The minimum absolute atomic E-state index is 0.172. The Kier molecular flexibility index (Phi) is 2.72. The maximum absolute atomic E-state index is 11.4. The fraction of sp³-hybridized carbons (Fsp3) is 0.300. The van der Waals surface area contributed by atoms with Crippen LogP contribution in [0, 0.1) is 0 Å². The van der Waals surface area contributed by atoms with E-state index in [4.69, 9.17) is 4.74 Å². The molecule has 0 atom stereocenters.